The Morgan fingerprint density at radius 3 is 2.70 bits per heavy atom. The fourth-order valence-electron chi connectivity index (χ4n) is 3.17. The third-order valence-electron chi connectivity index (χ3n) is 4.52. The van der Waals surface area contributed by atoms with E-state index in [1.807, 2.05) is 6.07 Å². The van der Waals surface area contributed by atoms with Gasteiger partial charge in [-0.1, -0.05) is 37.5 Å². The van der Waals surface area contributed by atoms with Crippen LogP contribution in [0.25, 0.3) is 11.3 Å². The summed E-state index contributed by atoms with van der Waals surface area (Å²) in [4.78, 5) is 23.7. The van der Waals surface area contributed by atoms with Crippen LogP contribution in [0.15, 0.2) is 45.9 Å². The number of amides is 2. The second-order valence-corrected chi connectivity index (χ2v) is 6.42. The number of hydrazone groups is 1. The lowest BCUT2D eigenvalue weighted by molar-refractivity contribution is 0.0601. The second kappa shape index (κ2) is 9.02. The van der Waals surface area contributed by atoms with Gasteiger partial charge < -0.3 is 14.5 Å². The number of carbonyl (C=O) groups is 2. The van der Waals surface area contributed by atoms with Gasteiger partial charge in [-0.3, -0.25) is 0 Å². The number of urea groups is 1. The molecule has 1 fully saturated rings. The minimum absolute atomic E-state index is 0.221. The van der Waals surface area contributed by atoms with Crippen molar-refractivity contribution in [3.63, 3.8) is 0 Å². The van der Waals surface area contributed by atoms with E-state index in [1.54, 1.807) is 30.3 Å². The normalized spacial score (nSPS) is 14.9. The zero-order chi connectivity index (χ0) is 19.1. The molecule has 7 heteroatoms. The van der Waals surface area contributed by atoms with Crippen LogP contribution in [0.1, 0.15) is 48.2 Å². The summed E-state index contributed by atoms with van der Waals surface area (Å²) >= 11 is 0. The molecular weight excluding hydrogens is 346 g/mol. The summed E-state index contributed by atoms with van der Waals surface area (Å²) in [5.74, 6) is 0.546. The number of nitrogens with one attached hydrogen (secondary N) is 2. The largest absolute Gasteiger partial charge is 0.465 e. The molecule has 2 N–H and O–H groups in total. The summed E-state index contributed by atoms with van der Waals surface area (Å²) in [6.07, 6.45) is 6.98. The summed E-state index contributed by atoms with van der Waals surface area (Å²) in [5.41, 5.74) is 3.50. The van der Waals surface area contributed by atoms with Gasteiger partial charge in [-0.05, 0) is 31.0 Å². The van der Waals surface area contributed by atoms with E-state index < -0.39 is 5.97 Å². The van der Waals surface area contributed by atoms with Crippen molar-refractivity contribution < 1.29 is 18.7 Å². The number of rotatable bonds is 5. The third kappa shape index (κ3) is 4.97. The van der Waals surface area contributed by atoms with Crippen LogP contribution in [-0.2, 0) is 4.74 Å². The maximum Gasteiger partial charge on any atom is 0.338 e. The molecule has 0 saturated heterocycles. The summed E-state index contributed by atoms with van der Waals surface area (Å²) < 4.78 is 10.5. The molecule has 7 nitrogen and oxygen atoms in total. The molecule has 1 aliphatic carbocycles. The first-order valence-corrected chi connectivity index (χ1v) is 9.04. The van der Waals surface area contributed by atoms with E-state index in [2.05, 4.69) is 15.8 Å². The van der Waals surface area contributed by atoms with Crippen LogP contribution in [0.4, 0.5) is 4.79 Å². The molecule has 1 heterocycles. The van der Waals surface area contributed by atoms with Crippen LogP contribution < -0.4 is 10.7 Å². The summed E-state index contributed by atoms with van der Waals surface area (Å²) in [6.45, 7) is 0. The number of nitrogens with zero attached hydrogens (tertiary/aromatic N) is 1. The maximum absolute atomic E-state index is 11.9. The van der Waals surface area contributed by atoms with Crippen molar-refractivity contribution in [2.45, 2.75) is 38.1 Å². The van der Waals surface area contributed by atoms with E-state index in [0.29, 0.717) is 22.6 Å². The Bertz CT molecular complexity index is 822. The molecule has 0 aliphatic heterocycles. The Hall–Kier alpha value is -3.09. The molecule has 1 aromatic carbocycles. The molecule has 1 aromatic heterocycles. The number of methoxy groups -OCH3 is 1. The van der Waals surface area contributed by atoms with Crippen LogP contribution in [0.5, 0.6) is 0 Å². The van der Waals surface area contributed by atoms with Crippen LogP contribution >= 0.6 is 0 Å². The number of benzene rings is 1. The monoisotopic (exact) mass is 369 g/mol. The van der Waals surface area contributed by atoms with Gasteiger partial charge in [-0.2, -0.15) is 5.10 Å². The smallest absolute Gasteiger partial charge is 0.338 e. The van der Waals surface area contributed by atoms with E-state index in [9.17, 15) is 9.59 Å². The van der Waals surface area contributed by atoms with Crippen molar-refractivity contribution in [2.75, 3.05) is 7.11 Å². The highest BCUT2D eigenvalue weighted by atomic mass is 16.5. The lowest BCUT2D eigenvalue weighted by Gasteiger charge is -2.22. The molecule has 1 saturated carbocycles. The third-order valence-corrected chi connectivity index (χ3v) is 4.52. The second-order valence-electron chi connectivity index (χ2n) is 6.42. The zero-order valence-corrected chi connectivity index (χ0v) is 15.2. The van der Waals surface area contributed by atoms with Crippen LogP contribution in [0, 0.1) is 0 Å². The Kier molecular flexibility index (Phi) is 6.25. The molecule has 2 amide bonds. The standard InChI is InChI=1S/C20H23N3O4/c1-26-19(24)17-10-6-5-9-16(17)18-12-11-15(27-18)13-21-23-20(25)22-14-7-3-2-4-8-14/h5-6,9-14H,2-4,7-8H2,1H3,(H2,22,23,25)/b21-13+. The number of esters is 1. The molecule has 0 spiro atoms. The topological polar surface area (TPSA) is 92.9 Å². The van der Waals surface area contributed by atoms with Gasteiger partial charge in [0.15, 0.2) is 0 Å². The summed E-state index contributed by atoms with van der Waals surface area (Å²) in [7, 11) is 1.34. The van der Waals surface area contributed by atoms with E-state index in [1.165, 1.54) is 19.7 Å². The molecule has 142 valence electrons. The molecule has 0 atom stereocenters. The van der Waals surface area contributed by atoms with Gasteiger partial charge in [0.25, 0.3) is 0 Å². The van der Waals surface area contributed by atoms with Gasteiger partial charge in [0, 0.05) is 11.6 Å². The van der Waals surface area contributed by atoms with Crippen LogP contribution in [-0.4, -0.2) is 31.4 Å². The van der Waals surface area contributed by atoms with Crippen molar-refractivity contribution in [3.05, 3.63) is 47.7 Å². The van der Waals surface area contributed by atoms with Crippen molar-refractivity contribution in [3.8, 4) is 11.3 Å². The Balaban J connectivity index is 1.60. The molecule has 27 heavy (non-hydrogen) atoms. The fourth-order valence-corrected chi connectivity index (χ4v) is 3.17. The molecule has 0 unspecified atom stereocenters. The maximum atomic E-state index is 11.9. The van der Waals surface area contributed by atoms with E-state index in [-0.39, 0.29) is 12.1 Å². The molecule has 2 aromatic rings. The highest BCUT2D eigenvalue weighted by molar-refractivity contribution is 5.96. The Morgan fingerprint density at radius 1 is 1.15 bits per heavy atom. The van der Waals surface area contributed by atoms with E-state index in [4.69, 9.17) is 9.15 Å². The zero-order valence-electron chi connectivity index (χ0n) is 15.2. The Labute approximate surface area is 157 Å². The molecule has 1 aliphatic rings. The van der Waals surface area contributed by atoms with E-state index in [0.717, 1.165) is 25.7 Å². The number of furan rings is 1. The van der Waals surface area contributed by atoms with E-state index >= 15 is 0 Å². The summed E-state index contributed by atoms with van der Waals surface area (Å²) in [6, 6.07) is 10.4. The number of carbonyl (C=O) groups excluding carboxylic acids is 2. The molecule has 0 bridgehead atoms. The molecule has 0 radical (unpaired) electrons. The van der Waals surface area contributed by atoms with Gasteiger partial charge in [0.1, 0.15) is 11.5 Å². The van der Waals surface area contributed by atoms with Gasteiger partial charge in [0.05, 0.1) is 18.9 Å². The van der Waals surface area contributed by atoms with Crippen molar-refractivity contribution in [2.24, 2.45) is 5.10 Å². The SMILES string of the molecule is COC(=O)c1ccccc1-c1ccc(/C=N/NC(=O)NC2CCCCC2)o1. The quantitative estimate of drug-likeness (QED) is 0.477. The average Bonchev–Trinajstić information content (AvgIpc) is 3.17. The number of hydrogen-bond acceptors (Lipinski definition) is 5. The van der Waals surface area contributed by atoms with Gasteiger partial charge in [-0.15, -0.1) is 0 Å². The minimum atomic E-state index is -0.432. The lowest BCUT2D eigenvalue weighted by atomic mass is 9.96. The van der Waals surface area contributed by atoms with Crippen LogP contribution in [0.2, 0.25) is 0 Å². The van der Waals surface area contributed by atoms with Gasteiger partial charge in [0.2, 0.25) is 0 Å². The predicted molar refractivity (Wildman–Crippen MR) is 102 cm³/mol. The van der Waals surface area contributed by atoms with Gasteiger partial charge in [-0.25, -0.2) is 15.0 Å². The first-order valence-electron chi connectivity index (χ1n) is 9.04. The average molecular weight is 369 g/mol. The summed E-state index contributed by atoms with van der Waals surface area (Å²) in [5, 5.41) is 6.83. The van der Waals surface area contributed by atoms with Crippen molar-refractivity contribution in [1.82, 2.24) is 10.7 Å². The highest BCUT2D eigenvalue weighted by Gasteiger charge is 2.16. The Morgan fingerprint density at radius 2 is 1.93 bits per heavy atom. The van der Waals surface area contributed by atoms with Crippen LogP contribution in [0.3, 0.4) is 0 Å². The van der Waals surface area contributed by atoms with Crippen molar-refractivity contribution in [1.29, 1.82) is 0 Å². The predicted octanol–water partition coefficient (Wildman–Crippen LogP) is 3.70. The molecular formula is C20H23N3O4. The van der Waals surface area contributed by atoms with Crippen molar-refractivity contribution >= 4 is 18.2 Å². The highest BCUT2D eigenvalue weighted by Crippen LogP contribution is 2.26. The first kappa shape index (κ1) is 18.7. The number of hydrogen-bond donors (Lipinski definition) is 2. The number of ether oxygens (including phenoxy) is 1. The first-order chi connectivity index (χ1) is 13.2. The fraction of sp³-hybridized carbons (Fsp3) is 0.350. The molecule has 3 rings (SSSR count). The lowest BCUT2D eigenvalue weighted by Crippen LogP contribution is -2.41. The minimum Gasteiger partial charge on any atom is -0.465 e. The van der Waals surface area contributed by atoms with Gasteiger partial charge >= 0.3 is 12.0 Å².